The number of anilines is 1. The lowest BCUT2D eigenvalue weighted by Gasteiger charge is -2.22. The van der Waals surface area contributed by atoms with Gasteiger partial charge in [-0.3, -0.25) is 4.79 Å². The molecular formula is C21H23NO. The minimum Gasteiger partial charge on any atom is -0.351 e. The average molecular weight is 305 g/mol. The Labute approximate surface area is 138 Å². The number of Topliss-reactive ketones (excluding diaryl/α,β-unsaturated/α-hetero) is 1. The number of hydrogen-bond donors (Lipinski definition) is 0. The Morgan fingerprint density at radius 2 is 1.70 bits per heavy atom. The summed E-state index contributed by atoms with van der Waals surface area (Å²) in [5.41, 5.74) is 3.97. The summed E-state index contributed by atoms with van der Waals surface area (Å²) >= 11 is 0. The standard InChI is InChI=1S/C21H23NO/c1-16-9-11-18(12-10-16)21(2)14-13-17(20(21)23)15-22(3)19-7-5-4-6-8-19/h4-12,15H,13-14H2,1-3H3/b17-15-. The molecule has 1 unspecified atom stereocenters. The van der Waals surface area contributed by atoms with Crippen molar-refractivity contribution in [3.8, 4) is 0 Å². The smallest absolute Gasteiger partial charge is 0.170 e. The molecule has 2 nitrogen and oxygen atoms in total. The molecule has 3 rings (SSSR count). The minimum absolute atomic E-state index is 0.254. The Morgan fingerprint density at radius 1 is 1.04 bits per heavy atom. The molecule has 1 atom stereocenters. The fourth-order valence-electron chi connectivity index (χ4n) is 3.26. The van der Waals surface area contributed by atoms with Crippen LogP contribution in [0.5, 0.6) is 0 Å². The van der Waals surface area contributed by atoms with Crippen molar-refractivity contribution < 1.29 is 4.79 Å². The molecule has 0 aromatic heterocycles. The Kier molecular flexibility index (Phi) is 4.08. The van der Waals surface area contributed by atoms with Crippen LogP contribution in [0.3, 0.4) is 0 Å². The van der Waals surface area contributed by atoms with Crippen molar-refractivity contribution in [2.75, 3.05) is 11.9 Å². The zero-order chi connectivity index (χ0) is 16.4. The van der Waals surface area contributed by atoms with E-state index in [2.05, 4.69) is 50.2 Å². The summed E-state index contributed by atoms with van der Waals surface area (Å²) in [7, 11) is 2.00. The second-order valence-electron chi connectivity index (χ2n) is 6.63. The monoisotopic (exact) mass is 305 g/mol. The van der Waals surface area contributed by atoms with E-state index in [0.717, 1.165) is 29.7 Å². The minimum atomic E-state index is -0.392. The van der Waals surface area contributed by atoms with Crippen molar-refractivity contribution in [3.63, 3.8) is 0 Å². The predicted molar refractivity (Wildman–Crippen MR) is 95.7 cm³/mol. The number of benzene rings is 2. The molecule has 2 aromatic carbocycles. The molecule has 0 amide bonds. The highest BCUT2D eigenvalue weighted by Crippen LogP contribution is 2.41. The Hall–Kier alpha value is -2.35. The summed E-state index contributed by atoms with van der Waals surface area (Å²) in [4.78, 5) is 15.0. The largest absolute Gasteiger partial charge is 0.351 e. The highest BCUT2D eigenvalue weighted by Gasteiger charge is 2.42. The van der Waals surface area contributed by atoms with E-state index in [1.165, 1.54) is 5.56 Å². The van der Waals surface area contributed by atoms with E-state index in [4.69, 9.17) is 0 Å². The number of carbonyl (C=O) groups excluding carboxylic acids is 1. The molecule has 0 aliphatic heterocycles. The second-order valence-corrected chi connectivity index (χ2v) is 6.63. The zero-order valence-electron chi connectivity index (χ0n) is 14.0. The first-order valence-corrected chi connectivity index (χ1v) is 8.11. The third-order valence-corrected chi connectivity index (χ3v) is 4.89. The van der Waals surface area contributed by atoms with Crippen LogP contribution in [0.15, 0.2) is 66.4 Å². The van der Waals surface area contributed by atoms with Gasteiger partial charge in [0.05, 0.1) is 5.41 Å². The molecule has 2 heteroatoms. The maximum Gasteiger partial charge on any atom is 0.170 e. The zero-order valence-corrected chi connectivity index (χ0v) is 14.0. The third-order valence-electron chi connectivity index (χ3n) is 4.89. The van der Waals surface area contributed by atoms with Gasteiger partial charge in [0.15, 0.2) is 5.78 Å². The van der Waals surface area contributed by atoms with E-state index in [0.29, 0.717) is 0 Å². The van der Waals surface area contributed by atoms with Gasteiger partial charge in [-0.1, -0.05) is 48.0 Å². The molecule has 1 fully saturated rings. The number of aryl methyl sites for hydroxylation is 1. The molecule has 0 bridgehead atoms. The number of ketones is 1. The third kappa shape index (κ3) is 2.94. The van der Waals surface area contributed by atoms with Gasteiger partial charge in [0.25, 0.3) is 0 Å². The van der Waals surface area contributed by atoms with Gasteiger partial charge in [0.1, 0.15) is 0 Å². The Morgan fingerprint density at radius 3 is 2.35 bits per heavy atom. The lowest BCUT2D eigenvalue weighted by Crippen LogP contribution is -2.27. The summed E-state index contributed by atoms with van der Waals surface area (Å²) in [6.45, 7) is 4.14. The van der Waals surface area contributed by atoms with Crippen LogP contribution in [0.4, 0.5) is 5.69 Å². The van der Waals surface area contributed by atoms with Gasteiger partial charge >= 0.3 is 0 Å². The molecule has 1 aliphatic rings. The molecule has 0 heterocycles. The summed E-state index contributed by atoms with van der Waals surface area (Å²) in [6, 6.07) is 18.5. The van der Waals surface area contributed by atoms with Gasteiger partial charge in [-0.2, -0.15) is 0 Å². The Bertz CT molecular complexity index is 730. The fraction of sp³-hybridized carbons (Fsp3) is 0.286. The van der Waals surface area contributed by atoms with Crippen LogP contribution < -0.4 is 4.90 Å². The quantitative estimate of drug-likeness (QED) is 0.770. The number of rotatable bonds is 3. The molecule has 23 heavy (non-hydrogen) atoms. The van der Waals surface area contributed by atoms with Crippen molar-refractivity contribution >= 4 is 11.5 Å². The number of allylic oxidation sites excluding steroid dienone is 1. The summed E-state index contributed by atoms with van der Waals surface area (Å²) in [5.74, 6) is 0.254. The first-order chi connectivity index (χ1) is 11.0. The van der Waals surface area contributed by atoms with Gasteiger partial charge in [-0.15, -0.1) is 0 Å². The summed E-state index contributed by atoms with van der Waals surface area (Å²) < 4.78 is 0. The highest BCUT2D eigenvalue weighted by atomic mass is 16.1. The lowest BCUT2D eigenvalue weighted by molar-refractivity contribution is -0.118. The Balaban J connectivity index is 1.86. The van der Waals surface area contributed by atoms with Crippen LogP contribution in [-0.2, 0) is 10.2 Å². The molecule has 118 valence electrons. The molecule has 1 saturated carbocycles. The number of nitrogens with zero attached hydrogens (tertiary/aromatic N) is 1. The molecular weight excluding hydrogens is 282 g/mol. The summed E-state index contributed by atoms with van der Waals surface area (Å²) in [6.07, 6.45) is 3.71. The normalized spacial score (nSPS) is 22.6. The van der Waals surface area contributed by atoms with E-state index in [9.17, 15) is 4.79 Å². The van der Waals surface area contributed by atoms with Crippen LogP contribution in [0, 0.1) is 6.92 Å². The molecule has 0 N–H and O–H groups in total. The van der Waals surface area contributed by atoms with E-state index in [-0.39, 0.29) is 5.78 Å². The van der Waals surface area contributed by atoms with Gasteiger partial charge in [-0.05, 0) is 44.4 Å². The van der Waals surface area contributed by atoms with E-state index in [1.807, 2.05) is 36.3 Å². The predicted octanol–water partition coefficient (Wildman–Crippen LogP) is 4.64. The van der Waals surface area contributed by atoms with Crippen molar-refractivity contribution in [2.24, 2.45) is 0 Å². The van der Waals surface area contributed by atoms with Gasteiger partial charge in [0, 0.05) is 24.5 Å². The first kappa shape index (κ1) is 15.5. The molecule has 0 radical (unpaired) electrons. The van der Waals surface area contributed by atoms with Crippen LogP contribution in [-0.4, -0.2) is 12.8 Å². The molecule has 2 aromatic rings. The lowest BCUT2D eigenvalue weighted by atomic mass is 9.79. The van der Waals surface area contributed by atoms with Crippen molar-refractivity contribution in [3.05, 3.63) is 77.5 Å². The number of hydrogen-bond acceptors (Lipinski definition) is 2. The van der Waals surface area contributed by atoms with Crippen molar-refractivity contribution in [1.82, 2.24) is 0 Å². The van der Waals surface area contributed by atoms with Crippen molar-refractivity contribution in [2.45, 2.75) is 32.1 Å². The number of carbonyl (C=O) groups is 1. The van der Waals surface area contributed by atoms with Crippen LogP contribution in [0.1, 0.15) is 30.9 Å². The van der Waals surface area contributed by atoms with Crippen LogP contribution in [0.2, 0.25) is 0 Å². The van der Waals surface area contributed by atoms with Gasteiger partial charge in [-0.25, -0.2) is 0 Å². The topological polar surface area (TPSA) is 20.3 Å². The average Bonchev–Trinajstić information content (AvgIpc) is 2.86. The van der Waals surface area contributed by atoms with Gasteiger partial charge in [0.2, 0.25) is 0 Å². The SMILES string of the molecule is Cc1ccc(C2(C)CC/C(=C/N(C)c3ccccc3)C2=O)cc1. The second kappa shape index (κ2) is 6.04. The number of para-hydroxylation sites is 1. The van der Waals surface area contributed by atoms with Crippen molar-refractivity contribution in [1.29, 1.82) is 0 Å². The molecule has 0 saturated heterocycles. The van der Waals surface area contributed by atoms with Gasteiger partial charge < -0.3 is 4.90 Å². The maximum absolute atomic E-state index is 13.0. The van der Waals surface area contributed by atoms with E-state index in [1.54, 1.807) is 0 Å². The highest BCUT2D eigenvalue weighted by molar-refractivity contribution is 6.05. The maximum atomic E-state index is 13.0. The summed E-state index contributed by atoms with van der Waals surface area (Å²) in [5, 5.41) is 0. The van der Waals surface area contributed by atoms with E-state index >= 15 is 0 Å². The molecule has 1 aliphatic carbocycles. The molecule has 0 spiro atoms. The first-order valence-electron chi connectivity index (χ1n) is 8.11. The van der Waals surface area contributed by atoms with Crippen LogP contribution >= 0.6 is 0 Å². The van der Waals surface area contributed by atoms with Crippen LogP contribution in [0.25, 0.3) is 0 Å². The van der Waals surface area contributed by atoms with E-state index < -0.39 is 5.41 Å². The fourth-order valence-corrected chi connectivity index (χ4v) is 3.26.